The number of furan rings is 1. The molecule has 1 atom stereocenters. The zero-order chi connectivity index (χ0) is 15.6. The van der Waals surface area contributed by atoms with E-state index in [0.717, 1.165) is 30.2 Å². The SMILES string of the molecule is CN=C(NCCc1ccco1)NCC(OC)c1ccccc1. The molecule has 0 saturated heterocycles. The van der Waals surface area contributed by atoms with Crippen molar-refractivity contribution in [2.45, 2.75) is 12.5 Å². The monoisotopic (exact) mass is 301 g/mol. The smallest absolute Gasteiger partial charge is 0.191 e. The minimum absolute atomic E-state index is 0.00942. The van der Waals surface area contributed by atoms with Crippen LogP contribution in [0, 0.1) is 0 Å². The van der Waals surface area contributed by atoms with Gasteiger partial charge in [-0.25, -0.2) is 0 Å². The molecular weight excluding hydrogens is 278 g/mol. The Bertz CT molecular complexity index is 553. The Balaban J connectivity index is 1.77. The van der Waals surface area contributed by atoms with Gasteiger partial charge >= 0.3 is 0 Å². The predicted molar refractivity (Wildman–Crippen MR) is 88.0 cm³/mol. The highest BCUT2D eigenvalue weighted by Gasteiger charge is 2.10. The third-order valence-corrected chi connectivity index (χ3v) is 3.38. The maximum atomic E-state index is 5.53. The molecule has 0 amide bonds. The Kier molecular flexibility index (Phi) is 6.51. The van der Waals surface area contributed by atoms with Gasteiger partial charge in [0, 0.05) is 33.7 Å². The van der Waals surface area contributed by atoms with Crippen molar-refractivity contribution in [3.8, 4) is 0 Å². The highest BCUT2D eigenvalue weighted by molar-refractivity contribution is 5.79. The maximum absolute atomic E-state index is 5.53. The summed E-state index contributed by atoms with van der Waals surface area (Å²) in [6, 6.07) is 14.0. The van der Waals surface area contributed by atoms with Crippen molar-refractivity contribution in [1.82, 2.24) is 10.6 Å². The van der Waals surface area contributed by atoms with Crippen molar-refractivity contribution in [3.05, 3.63) is 60.1 Å². The molecule has 1 unspecified atom stereocenters. The first-order valence-electron chi connectivity index (χ1n) is 7.38. The molecular formula is C17H23N3O2. The summed E-state index contributed by atoms with van der Waals surface area (Å²) in [5.41, 5.74) is 1.14. The van der Waals surface area contributed by atoms with E-state index >= 15 is 0 Å². The number of hydrogen-bond acceptors (Lipinski definition) is 3. The van der Waals surface area contributed by atoms with Crippen LogP contribution >= 0.6 is 0 Å². The summed E-state index contributed by atoms with van der Waals surface area (Å²) in [7, 11) is 3.47. The quantitative estimate of drug-likeness (QED) is 0.609. The summed E-state index contributed by atoms with van der Waals surface area (Å²) < 4.78 is 10.8. The first-order chi connectivity index (χ1) is 10.8. The van der Waals surface area contributed by atoms with E-state index in [1.165, 1.54) is 0 Å². The fourth-order valence-corrected chi connectivity index (χ4v) is 2.17. The van der Waals surface area contributed by atoms with Crippen molar-refractivity contribution >= 4 is 5.96 Å². The molecule has 5 heteroatoms. The highest BCUT2D eigenvalue weighted by Crippen LogP contribution is 2.14. The fraction of sp³-hybridized carbons (Fsp3) is 0.353. The van der Waals surface area contributed by atoms with Gasteiger partial charge in [0.25, 0.3) is 0 Å². The van der Waals surface area contributed by atoms with Crippen LogP contribution in [0.25, 0.3) is 0 Å². The summed E-state index contributed by atoms with van der Waals surface area (Å²) >= 11 is 0. The van der Waals surface area contributed by atoms with Gasteiger partial charge in [0.15, 0.2) is 5.96 Å². The predicted octanol–water partition coefficient (Wildman–Crippen LogP) is 2.37. The van der Waals surface area contributed by atoms with Gasteiger partial charge in [0.2, 0.25) is 0 Å². The third-order valence-electron chi connectivity index (χ3n) is 3.38. The Labute approximate surface area is 131 Å². The number of rotatable bonds is 7. The number of nitrogens with one attached hydrogen (secondary N) is 2. The molecule has 0 aliphatic heterocycles. The van der Waals surface area contributed by atoms with Crippen LogP contribution in [-0.2, 0) is 11.2 Å². The maximum Gasteiger partial charge on any atom is 0.191 e. The van der Waals surface area contributed by atoms with E-state index in [9.17, 15) is 0 Å². The van der Waals surface area contributed by atoms with Crippen molar-refractivity contribution in [2.24, 2.45) is 4.99 Å². The molecule has 2 rings (SSSR count). The molecule has 22 heavy (non-hydrogen) atoms. The summed E-state index contributed by atoms with van der Waals surface area (Å²) in [6.45, 7) is 1.41. The van der Waals surface area contributed by atoms with Crippen LogP contribution in [0.15, 0.2) is 58.1 Å². The second-order valence-electron chi connectivity index (χ2n) is 4.84. The Morgan fingerprint density at radius 3 is 2.64 bits per heavy atom. The van der Waals surface area contributed by atoms with Crippen LogP contribution in [-0.4, -0.2) is 33.2 Å². The zero-order valence-electron chi connectivity index (χ0n) is 13.1. The van der Waals surface area contributed by atoms with Crippen LogP contribution in [0.3, 0.4) is 0 Å². The van der Waals surface area contributed by atoms with E-state index in [1.54, 1.807) is 20.4 Å². The van der Waals surface area contributed by atoms with Gasteiger partial charge in [-0.2, -0.15) is 0 Å². The Hall–Kier alpha value is -2.27. The van der Waals surface area contributed by atoms with E-state index in [1.807, 2.05) is 30.3 Å². The van der Waals surface area contributed by atoms with Crippen LogP contribution in [0.5, 0.6) is 0 Å². The van der Waals surface area contributed by atoms with Gasteiger partial charge in [-0.1, -0.05) is 30.3 Å². The minimum Gasteiger partial charge on any atom is -0.469 e. The van der Waals surface area contributed by atoms with Gasteiger partial charge in [-0.3, -0.25) is 4.99 Å². The van der Waals surface area contributed by atoms with E-state index in [2.05, 4.69) is 27.8 Å². The molecule has 0 fully saturated rings. The number of hydrogen-bond donors (Lipinski definition) is 2. The number of ether oxygens (including phenoxy) is 1. The van der Waals surface area contributed by atoms with E-state index in [0.29, 0.717) is 6.54 Å². The first-order valence-corrected chi connectivity index (χ1v) is 7.38. The van der Waals surface area contributed by atoms with Crippen molar-refractivity contribution in [3.63, 3.8) is 0 Å². The van der Waals surface area contributed by atoms with Gasteiger partial charge in [-0.15, -0.1) is 0 Å². The fourth-order valence-electron chi connectivity index (χ4n) is 2.17. The lowest BCUT2D eigenvalue weighted by molar-refractivity contribution is 0.106. The van der Waals surface area contributed by atoms with Crippen LogP contribution < -0.4 is 10.6 Å². The number of nitrogens with zero attached hydrogens (tertiary/aromatic N) is 1. The third kappa shape index (κ3) is 4.93. The number of methoxy groups -OCH3 is 1. The van der Waals surface area contributed by atoms with Crippen molar-refractivity contribution in [1.29, 1.82) is 0 Å². The summed E-state index contributed by atoms with van der Waals surface area (Å²) in [5.74, 6) is 1.71. The number of guanidine groups is 1. The topological polar surface area (TPSA) is 58.8 Å². The van der Waals surface area contributed by atoms with Gasteiger partial charge < -0.3 is 19.8 Å². The largest absolute Gasteiger partial charge is 0.469 e. The van der Waals surface area contributed by atoms with E-state index in [-0.39, 0.29) is 6.10 Å². The lowest BCUT2D eigenvalue weighted by Gasteiger charge is -2.18. The first kappa shape index (κ1) is 16.1. The van der Waals surface area contributed by atoms with Crippen LogP contribution in [0.2, 0.25) is 0 Å². The summed E-state index contributed by atoms with van der Waals surface area (Å²) in [6.07, 6.45) is 2.50. The Morgan fingerprint density at radius 2 is 2.00 bits per heavy atom. The molecule has 0 spiro atoms. The van der Waals surface area contributed by atoms with Crippen molar-refractivity contribution < 1.29 is 9.15 Å². The molecule has 0 aliphatic rings. The van der Waals surface area contributed by atoms with E-state index in [4.69, 9.17) is 9.15 Å². The number of aliphatic imine (C=N–C) groups is 1. The standard InChI is InChI=1S/C17H23N3O2/c1-18-17(19-11-10-15-9-6-12-22-15)20-13-16(21-2)14-7-4-3-5-8-14/h3-9,12,16H,10-11,13H2,1-2H3,(H2,18,19,20). The minimum atomic E-state index is -0.00942. The molecule has 1 heterocycles. The average molecular weight is 301 g/mol. The molecule has 118 valence electrons. The second-order valence-corrected chi connectivity index (χ2v) is 4.84. The summed E-state index contributed by atoms with van der Waals surface area (Å²) in [5, 5.41) is 6.54. The second kappa shape index (κ2) is 8.89. The molecule has 1 aromatic heterocycles. The molecule has 0 saturated carbocycles. The molecule has 0 bridgehead atoms. The average Bonchev–Trinajstić information content (AvgIpc) is 3.08. The summed E-state index contributed by atoms with van der Waals surface area (Å²) in [4.78, 5) is 4.22. The van der Waals surface area contributed by atoms with Gasteiger partial charge in [0.05, 0.1) is 12.4 Å². The normalized spacial score (nSPS) is 12.9. The molecule has 2 N–H and O–H groups in total. The lowest BCUT2D eigenvalue weighted by Crippen LogP contribution is -2.40. The molecule has 0 radical (unpaired) electrons. The molecule has 5 nitrogen and oxygen atoms in total. The zero-order valence-corrected chi connectivity index (χ0v) is 13.1. The molecule has 2 aromatic rings. The molecule has 0 aliphatic carbocycles. The van der Waals surface area contributed by atoms with Gasteiger partial charge in [-0.05, 0) is 17.7 Å². The van der Waals surface area contributed by atoms with E-state index < -0.39 is 0 Å². The Morgan fingerprint density at radius 1 is 1.18 bits per heavy atom. The van der Waals surface area contributed by atoms with Crippen molar-refractivity contribution in [2.75, 3.05) is 27.2 Å². The lowest BCUT2D eigenvalue weighted by atomic mass is 10.1. The molecule has 1 aromatic carbocycles. The highest BCUT2D eigenvalue weighted by atomic mass is 16.5. The van der Waals surface area contributed by atoms with Gasteiger partial charge in [0.1, 0.15) is 5.76 Å². The van der Waals surface area contributed by atoms with Crippen LogP contribution in [0.1, 0.15) is 17.4 Å². The van der Waals surface area contributed by atoms with Crippen LogP contribution in [0.4, 0.5) is 0 Å². The number of benzene rings is 1.